The number of nitrogens with one attached hydrogen (secondary N) is 3. The lowest BCUT2D eigenvalue weighted by molar-refractivity contribution is -0.120. The minimum absolute atomic E-state index is 0.229. The van der Waals surface area contributed by atoms with Crippen LogP contribution < -0.4 is 16.2 Å². The molecule has 3 N–H and O–H groups in total. The first-order valence-corrected chi connectivity index (χ1v) is 7.90. The van der Waals surface area contributed by atoms with Crippen LogP contribution in [0.15, 0.2) is 46.3 Å². The Morgan fingerprint density at radius 1 is 1.00 bits per heavy atom. The Hall–Kier alpha value is -2.19. The lowest BCUT2D eigenvalue weighted by Gasteiger charge is -2.09. The molecule has 1 aromatic carbocycles. The monoisotopic (exact) mass is 381 g/mol. The summed E-state index contributed by atoms with van der Waals surface area (Å²) in [5.74, 6) is -1.31. The molecule has 2 rings (SSSR count). The maximum atomic E-state index is 11.9. The number of amides is 3. The third-order valence-corrected chi connectivity index (χ3v) is 4.15. The Morgan fingerprint density at radius 3 is 2.45 bits per heavy atom. The number of hydrogen-bond donors (Lipinski definition) is 3. The van der Waals surface area contributed by atoms with E-state index in [9.17, 15) is 14.4 Å². The van der Waals surface area contributed by atoms with E-state index in [1.54, 1.807) is 41.8 Å². The molecule has 6 nitrogen and oxygen atoms in total. The molecule has 22 heavy (non-hydrogen) atoms. The van der Waals surface area contributed by atoms with Crippen molar-refractivity contribution in [2.24, 2.45) is 0 Å². The van der Waals surface area contributed by atoms with E-state index in [4.69, 9.17) is 0 Å². The molecular weight excluding hydrogens is 370 g/mol. The fraction of sp³-hybridized carbons (Fsp3) is 0.0714. The normalized spacial score (nSPS) is 9.86. The van der Waals surface area contributed by atoms with Gasteiger partial charge in [-0.15, -0.1) is 11.3 Å². The van der Waals surface area contributed by atoms with Gasteiger partial charge in [0.2, 0.25) is 0 Å². The van der Waals surface area contributed by atoms with E-state index < -0.39 is 11.8 Å². The fourth-order valence-electron chi connectivity index (χ4n) is 1.54. The van der Waals surface area contributed by atoms with Gasteiger partial charge in [0.05, 0.1) is 17.0 Å². The van der Waals surface area contributed by atoms with Crippen molar-refractivity contribution >= 4 is 45.0 Å². The zero-order chi connectivity index (χ0) is 15.9. The standard InChI is InChI=1S/C14H12BrN3O3S/c15-10-5-2-1-4-9(10)13(20)18-17-12(19)8-16-14(21)11-6-3-7-22-11/h1-7H,8H2,(H,16,21)(H,17,19)(H,18,20). The summed E-state index contributed by atoms with van der Waals surface area (Å²) in [5, 5.41) is 4.23. The maximum Gasteiger partial charge on any atom is 0.270 e. The largest absolute Gasteiger partial charge is 0.342 e. The van der Waals surface area contributed by atoms with Crippen molar-refractivity contribution in [1.29, 1.82) is 0 Å². The van der Waals surface area contributed by atoms with Crippen LogP contribution in [-0.4, -0.2) is 24.3 Å². The van der Waals surface area contributed by atoms with Crippen LogP contribution in [0.5, 0.6) is 0 Å². The second-order valence-corrected chi connectivity index (χ2v) is 5.94. The van der Waals surface area contributed by atoms with Crippen molar-refractivity contribution < 1.29 is 14.4 Å². The lowest BCUT2D eigenvalue weighted by atomic mass is 10.2. The number of halogens is 1. The molecule has 8 heteroatoms. The first kappa shape index (κ1) is 16.2. The highest BCUT2D eigenvalue weighted by Crippen LogP contribution is 2.15. The van der Waals surface area contributed by atoms with Crippen LogP contribution >= 0.6 is 27.3 Å². The Kier molecular flexibility index (Phi) is 5.68. The molecule has 0 unspecified atom stereocenters. The van der Waals surface area contributed by atoms with Crippen LogP contribution in [0.4, 0.5) is 0 Å². The number of carbonyl (C=O) groups excluding carboxylic acids is 3. The molecule has 0 fully saturated rings. The van der Waals surface area contributed by atoms with Gasteiger partial charge >= 0.3 is 0 Å². The van der Waals surface area contributed by atoms with Crippen LogP contribution in [0.1, 0.15) is 20.0 Å². The fourth-order valence-corrected chi connectivity index (χ4v) is 2.64. The van der Waals surface area contributed by atoms with E-state index in [1.807, 2.05) is 0 Å². The highest BCUT2D eigenvalue weighted by atomic mass is 79.9. The summed E-state index contributed by atoms with van der Waals surface area (Å²) >= 11 is 4.53. The zero-order valence-corrected chi connectivity index (χ0v) is 13.7. The molecule has 0 aliphatic heterocycles. The van der Waals surface area contributed by atoms with Crippen molar-refractivity contribution in [2.45, 2.75) is 0 Å². The Bertz CT molecular complexity index is 688. The van der Waals surface area contributed by atoms with Crippen molar-refractivity contribution in [3.63, 3.8) is 0 Å². The molecule has 0 saturated carbocycles. The van der Waals surface area contributed by atoms with Gasteiger partial charge in [0, 0.05) is 4.47 Å². The van der Waals surface area contributed by atoms with E-state index >= 15 is 0 Å². The molecule has 1 heterocycles. The number of hydrogen-bond acceptors (Lipinski definition) is 4. The second kappa shape index (κ2) is 7.71. The molecule has 2 aromatic rings. The van der Waals surface area contributed by atoms with Crippen molar-refractivity contribution in [3.8, 4) is 0 Å². The highest BCUT2D eigenvalue weighted by Gasteiger charge is 2.11. The molecule has 0 spiro atoms. The lowest BCUT2D eigenvalue weighted by Crippen LogP contribution is -2.46. The second-order valence-electron chi connectivity index (χ2n) is 4.14. The van der Waals surface area contributed by atoms with Gasteiger partial charge < -0.3 is 5.32 Å². The molecule has 0 saturated heterocycles. The molecule has 0 aliphatic rings. The molecule has 3 amide bonds. The third-order valence-electron chi connectivity index (χ3n) is 2.59. The number of hydrazine groups is 1. The van der Waals surface area contributed by atoms with E-state index in [1.165, 1.54) is 11.3 Å². The quantitative estimate of drug-likeness (QED) is 0.704. The Balaban J connectivity index is 1.77. The molecule has 0 aliphatic carbocycles. The number of benzene rings is 1. The Morgan fingerprint density at radius 2 is 1.77 bits per heavy atom. The van der Waals surface area contributed by atoms with Crippen molar-refractivity contribution in [1.82, 2.24) is 16.2 Å². The summed E-state index contributed by atoms with van der Waals surface area (Å²) < 4.78 is 0.618. The first-order chi connectivity index (χ1) is 10.6. The minimum Gasteiger partial charge on any atom is -0.342 e. The van der Waals surface area contributed by atoms with E-state index in [2.05, 4.69) is 32.1 Å². The van der Waals surface area contributed by atoms with Crippen LogP contribution in [0.25, 0.3) is 0 Å². The molecule has 0 atom stereocenters. The number of thiophene rings is 1. The van der Waals surface area contributed by atoms with Gasteiger partial charge in [0.25, 0.3) is 17.7 Å². The Labute approximate surface area is 139 Å². The molecule has 1 aromatic heterocycles. The maximum absolute atomic E-state index is 11.9. The average molecular weight is 382 g/mol. The van der Waals surface area contributed by atoms with Crippen molar-refractivity contribution in [3.05, 3.63) is 56.7 Å². The number of rotatable bonds is 4. The third kappa shape index (κ3) is 4.40. The molecular formula is C14H12BrN3O3S. The van der Waals surface area contributed by atoms with Crippen LogP contribution in [0, 0.1) is 0 Å². The van der Waals surface area contributed by atoms with E-state index in [0.717, 1.165) is 0 Å². The highest BCUT2D eigenvalue weighted by molar-refractivity contribution is 9.10. The minimum atomic E-state index is -0.523. The van der Waals surface area contributed by atoms with Crippen LogP contribution in [-0.2, 0) is 4.79 Å². The average Bonchev–Trinajstić information content (AvgIpc) is 3.05. The summed E-state index contributed by atoms with van der Waals surface area (Å²) in [5.41, 5.74) is 4.91. The van der Waals surface area contributed by atoms with E-state index in [0.29, 0.717) is 14.9 Å². The van der Waals surface area contributed by atoms with Crippen LogP contribution in [0.3, 0.4) is 0 Å². The summed E-state index contributed by atoms with van der Waals surface area (Å²) in [6.07, 6.45) is 0. The summed E-state index contributed by atoms with van der Waals surface area (Å²) in [6.45, 7) is -0.229. The summed E-state index contributed by atoms with van der Waals surface area (Å²) in [7, 11) is 0. The predicted octanol–water partition coefficient (Wildman–Crippen LogP) is 1.70. The van der Waals surface area contributed by atoms with Gasteiger partial charge in [-0.25, -0.2) is 0 Å². The van der Waals surface area contributed by atoms with Crippen molar-refractivity contribution in [2.75, 3.05) is 6.54 Å². The SMILES string of the molecule is O=C(CNC(=O)c1cccs1)NNC(=O)c1ccccc1Br. The smallest absolute Gasteiger partial charge is 0.270 e. The summed E-state index contributed by atoms with van der Waals surface area (Å²) in [6, 6.07) is 10.2. The topological polar surface area (TPSA) is 87.3 Å². The van der Waals surface area contributed by atoms with Gasteiger partial charge in [-0.3, -0.25) is 25.2 Å². The van der Waals surface area contributed by atoms with Gasteiger partial charge in [-0.05, 0) is 39.5 Å². The van der Waals surface area contributed by atoms with Gasteiger partial charge in [0.1, 0.15) is 0 Å². The zero-order valence-electron chi connectivity index (χ0n) is 11.3. The molecule has 0 radical (unpaired) electrons. The van der Waals surface area contributed by atoms with Crippen LogP contribution in [0.2, 0.25) is 0 Å². The molecule has 114 valence electrons. The predicted molar refractivity (Wildman–Crippen MR) is 86.4 cm³/mol. The number of carbonyl (C=O) groups is 3. The summed E-state index contributed by atoms with van der Waals surface area (Å²) in [4.78, 5) is 35.6. The van der Waals surface area contributed by atoms with E-state index in [-0.39, 0.29) is 12.5 Å². The molecule has 0 bridgehead atoms. The van der Waals surface area contributed by atoms with Gasteiger partial charge in [-0.1, -0.05) is 18.2 Å². The van der Waals surface area contributed by atoms with Gasteiger partial charge in [0.15, 0.2) is 0 Å². The van der Waals surface area contributed by atoms with Gasteiger partial charge in [-0.2, -0.15) is 0 Å². The first-order valence-electron chi connectivity index (χ1n) is 6.23.